The minimum atomic E-state index is -0.584. The molecule has 4 heterocycles. The molecular formula is C45H51N5O4. The van der Waals surface area contributed by atoms with Crippen molar-refractivity contribution in [3.8, 4) is 5.75 Å². The number of aryl methyl sites for hydroxylation is 1. The van der Waals surface area contributed by atoms with E-state index in [4.69, 9.17) is 0 Å². The highest BCUT2D eigenvalue weighted by Gasteiger charge is 2.40. The lowest BCUT2D eigenvalue weighted by molar-refractivity contribution is -0.136. The van der Waals surface area contributed by atoms with Crippen molar-refractivity contribution in [2.75, 3.05) is 55.6 Å². The molecule has 6 aliphatic rings. The van der Waals surface area contributed by atoms with E-state index in [1.807, 2.05) is 24.3 Å². The molecule has 0 aromatic heterocycles. The van der Waals surface area contributed by atoms with Crippen molar-refractivity contribution in [1.82, 2.24) is 15.1 Å². The monoisotopic (exact) mass is 725 g/mol. The molecule has 0 saturated carbocycles. The van der Waals surface area contributed by atoms with E-state index in [0.717, 1.165) is 76.3 Å². The van der Waals surface area contributed by atoms with Crippen LogP contribution in [-0.2, 0) is 22.6 Å². The van der Waals surface area contributed by atoms with Crippen LogP contribution in [0.25, 0.3) is 0 Å². The molecule has 3 aromatic rings. The van der Waals surface area contributed by atoms with Gasteiger partial charge < -0.3 is 19.8 Å². The average Bonchev–Trinajstić information content (AvgIpc) is 3.53. The number of anilines is 2. The van der Waals surface area contributed by atoms with Crippen LogP contribution in [0.15, 0.2) is 85.0 Å². The fourth-order valence-corrected chi connectivity index (χ4v) is 10.2. The highest BCUT2D eigenvalue weighted by molar-refractivity contribution is 6.05. The Labute approximate surface area is 318 Å². The van der Waals surface area contributed by atoms with Crippen LogP contribution < -0.4 is 15.1 Å². The van der Waals surface area contributed by atoms with Gasteiger partial charge in [-0.1, -0.05) is 42.5 Å². The van der Waals surface area contributed by atoms with Crippen molar-refractivity contribution < 1.29 is 19.5 Å². The lowest BCUT2D eigenvalue weighted by atomic mass is 9.66. The number of phenols is 1. The van der Waals surface area contributed by atoms with Gasteiger partial charge in [0.1, 0.15) is 11.8 Å². The molecule has 4 atom stereocenters. The summed E-state index contributed by atoms with van der Waals surface area (Å²) in [4.78, 5) is 46.5. The zero-order valence-corrected chi connectivity index (χ0v) is 31.0. The number of carbonyl (C=O) groups excluding carboxylic acids is 3. The number of amides is 3. The van der Waals surface area contributed by atoms with Crippen LogP contribution in [0.4, 0.5) is 11.4 Å². The first-order valence-electron chi connectivity index (χ1n) is 20.1. The maximum Gasteiger partial charge on any atom is 0.255 e. The standard InChI is InChI=1S/C45H51N5O4/c51-37-12-15-39-33(27-37)8-13-38(31-4-2-1-3-5-31)43(39)32-6-9-35(10-7-32)48-20-18-30(19-21-48)28-47-22-24-49(25-23-47)36-11-14-40-34(26-36)29-50(45(40)54)41-16-17-42(52)46-44(41)53/h1-4,6-7,9-12,14-15,26-27,30-31,38,41,43,51H,5,8,13,16-25,28-29H2,(H,46,52,53)/t31?,38-,41+,43+/m1/s1. The van der Waals surface area contributed by atoms with Crippen molar-refractivity contribution in [3.05, 3.63) is 113 Å². The predicted octanol–water partition coefficient (Wildman–Crippen LogP) is 6.02. The minimum Gasteiger partial charge on any atom is -0.508 e. The van der Waals surface area contributed by atoms with Gasteiger partial charge in [0.15, 0.2) is 0 Å². The number of phenolic OH excluding ortho intramolecular Hbond substituents is 1. The highest BCUT2D eigenvalue weighted by atomic mass is 16.3. The number of hydrogen-bond donors (Lipinski definition) is 2. The zero-order valence-electron chi connectivity index (χ0n) is 31.0. The third kappa shape index (κ3) is 6.83. The molecule has 9 nitrogen and oxygen atoms in total. The Morgan fingerprint density at radius 1 is 0.741 bits per heavy atom. The van der Waals surface area contributed by atoms with Gasteiger partial charge in [-0.15, -0.1) is 0 Å². The molecule has 9 rings (SSSR count). The van der Waals surface area contributed by atoms with E-state index in [1.54, 1.807) is 4.90 Å². The second kappa shape index (κ2) is 14.7. The van der Waals surface area contributed by atoms with Crippen LogP contribution in [0.1, 0.15) is 77.1 Å². The summed E-state index contributed by atoms with van der Waals surface area (Å²) in [6.07, 6.45) is 15.4. The van der Waals surface area contributed by atoms with Crippen molar-refractivity contribution in [2.24, 2.45) is 17.8 Å². The Bertz CT molecular complexity index is 1970. The van der Waals surface area contributed by atoms with Gasteiger partial charge in [0.05, 0.1) is 0 Å². The number of hydrogen-bond acceptors (Lipinski definition) is 7. The number of allylic oxidation sites excluding steroid dienone is 4. The Hall–Kier alpha value is -4.89. The van der Waals surface area contributed by atoms with Crippen molar-refractivity contribution in [3.63, 3.8) is 0 Å². The Balaban J connectivity index is 0.775. The summed E-state index contributed by atoms with van der Waals surface area (Å²) in [5, 5.41) is 12.6. The fraction of sp³-hybridized carbons (Fsp3) is 0.444. The molecule has 280 valence electrons. The number of imide groups is 1. The molecular weight excluding hydrogens is 675 g/mol. The third-order valence-corrected chi connectivity index (χ3v) is 13.2. The molecule has 9 heteroatoms. The molecule has 3 saturated heterocycles. The van der Waals surface area contributed by atoms with E-state index >= 15 is 0 Å². The first-order chi connectivity index (χ1) is 26.4. The van der Waals surface area contributed by atoms with Crippen LogP contribution in [-0.4, -0.2) is 84.5 Å². The topological polar surface area (TPSA) is 96.4 Å². The molecule has 2 N–H and O–H groups in total. The number of piperazine rings is 1. The third-order valence-electron chi connectivity index (χ3n) is 13.2. The Morgan fingerprint density at radius 3 is 2.28 bits per heavy atom. The Morgan fingerprint density at radius 2 is 1.52 bits per heavy atom. The summed E-state index contributed by atoms with van der Waals surface area (Å²) < 4.78 is 0. The fourth-order valence-electron chi connectivity index (χ4n) is 10.2. The number of aromatic hydroxyl groups is 1. The normalized spacial score (nSPS) is 26.2. The molecule has 4 aliphatic heterocycles. The summed E-state index contributed by atoms with van der Waals surface area (Å²) in [6.45, 7) is 7.68. The summed E-state index contributed by atoms with van der Waals surface area (Å²) in [6, 6.07) is 20.9. The molecule has 54 heavy (non-hydrogen) atoms. The van der Waals surface area contributed by atoms with Gasteiger partial charge in [-0.3, -0.25) is 24.6 Å². The van der Waals surface area contributed by atoms with Crippen LogP contribution >= 0.6 is 0 Å². The highest BCUT2D eigenvalue weighted by Crippen LogP contribution is 2.47. The van der Waals surface area contributed by atoms with Crippen molar-refractivity contribution in [2.45, 2.75) is 63.5 Å². The molecule has 0 spiro atoms. The van der Waals surface area contributed by atoms with E-state index in [9.17, 15) is 19.5 Å². The summed E-state index contributed by atoms with van der Waals surface area (Å²) in [7, 11) is 0. The van der Waals surface area contributed by atoms with Gasteiger partial charge in [-0.25, -0.2) is 0 Å². The van der Waals surface area contributed by atoms with Gasteiger partial charge in [0.25, 0.3) is 5.91 Å². The molecule has 3 aromatic carbocycles. The second-order valence-electron chi connectivity index (χ2n) is 16.3. The van der Waals surface area contributed by atoms with Crippen LogP contribution in [0.3, 0.4) is 0 Å². The number of fused-ring (bicyclic) bond motifs is 2. The molecule has 1 unspecified atom stereocenters. The van der Waals surface area contributed by atoms with E-state index in [1.165, 1.54) is 35.2 Å². The van der Waals surface area contributed by atoms with Crippen LogP contribution in [0.2, 0.25) is 0 Å². The second-order valence-corrected chi connectivity index (χ2v) is 16.3. The predicted molar refractivity (Wildman–Crippen MR) is 211 cm³/mol. The average molecular weight is 726 g/mol. The van der Waals surface area contributed by atoms with Crippen molar-refractivity contribution in [1.29, 1.82) is 0 Å². The summed E-state index contributed by atoms with van der Waals surface area (Å²) in [5.41, 5.74) is 8.14. The minimum absolute atomic E-state index is 0.119. The lowest BCUT2D eigenvalue weighted by Gasteiger charge is -2.40. The molecule has 0 radical (unpaired) electrons. The molecule has 2 aliphatic carbocycles. The number of rotatable bonds is 7. The number of carbonyl (C=O) groups is 3. The number of benzene rings is 3. The first-order valence-corrected chi connectivity index (χ1v) is 20.1. The van der Waals surface area contributed by atoms with E-state index in [2.05, 4.69) is 80.7 Å². The Kier molecular flexibility index (Phi) is 9.51. The van der Waals surface area contributed by atoms with Crippen molar-refractivity contribution >= 4 is 29.1 Å². The first kappa shape index (κ1) is 34.9. The van der Waals surface area contributed by atoms with Gasteiger partial charge >= 0.3 is 0 Å². The smallest absolute Gasteiger partial charge is 0.255 e. The zero-order chi connectivity index (χ0) is 36.8. The largest absolute Gasteiger partial charge is 0.508 e. The maximum absolute atomic E-state index is 13.2. The maximum atomic E-state index is 13.2. The SMILES string of the molecule is O=C1CC[C@H](N2Cc3cc(N4CCN(CC5CCN(c6ccc([C@@H]7c8ccc(O)cc8CC[C@@H]7C7C=CC=CC7)cc6)CC5)CC4)ccc3C2=O)C(=O)N1. The summed E-state index contributed by atoms with van der Waals surface area (Å²) in [5.74, 6) is 1.72. The van der Waals surface area contributed by atoms with Gasteiger partial charge in [0.2, 0.25) is 11.8 Å². The number of nitrogens with one attached hydrogen (secondary N) is 1. The van der Waals surface area contributed by atoms with Gasteiger partial charge in [-0.2, -0.15) is 0 Å². The van der Waals surface area contributed by atoms with E-state index in [-0.39, 0.29) is 24.1 Å². The van der Waals surface area contributed by atoms with Gasteiger partial charge in [-0.05, 0) is 121 Å². The van der Waals surface area contributed by atoms with E-state index < -0.39 is 6.04 Å². The molecule has 3 amide bonds. The molecule has 0 bridgehead atoms. The van der Waals surface area contributed by atoms with Gasteiger partial charge in [0, 0.05) is 81.6 Å². The molecule has 3 fully saturated rings. The quantitative estimate of drug-likeness (QED) is 0.288. The van der Waals surface area contributed by atoms with Crippen LogP contribution in [0, 0.1) is 17.8 Å². The van der Waals surface area contributed by atoms with E-state index in [0.29, 0.717) is 48.0 Å². The lowest BCUT2D eigenvalue weighted by Crippen LogP contribution is -2.52. The number of nitrogens with zero attached hydrogens (tertiary/aromatic N) is 4. The van der Waals surface area contributed by atoms with Crippen LogP contribution in [0.5, 0.6) is 5.75 Å². The summed E-state index contributed by atoms with van der Waals surface area (Å²) >= 11 is 0. The number of piperidine rings is 2.